The van der Waals surface area contributed by atoms with E-state index in [-0.39, 0.29) is 23.3 Å². The van der Waals surface area contributed by atoms with Crippen LogP contribution in [0.25, 0.3) is 11.0 Å². The zero-order valence-corrected chi connectivity index (χ0v) is 15.3. The molecule has 10 heteroatoms. The van der Waals surface area contributed by atoms with Gasteiger partial charge in [-0.1, -0.05) is 12.6 Å². The molecule has 0 aliphatic heterocycles. The maximum absolute atomic E-state index is 14.8. The van der Waals surface area contributed by atoms with Crippen LogP contribution in [0.5, 0.6) is 11.6 Å². The molecule has 0 radical (unpaired) electrons. The minimum atomic E-state index is -0.732. The lowest BCUT2D eigenvalue weighted by Crippen LogP contribution is -2.09. The number of H-pyrrole nitrogens is 1. The Kier molecular flexibility index (Phi) is 4.65. The average Bonchev–Trinajstić information content (AvgIpc) is 3.33. The number of carbonyl (C=O) groups excluding carboxylic acids is 1. The number of benzene rings is 1. The second-order valence-corrected chi connectivity index (χ2v) is 6.01. The number of ether oxygens (including phenoxy) is 1. The van der Waals surface area contributed by atoms with Gasteiger partial charge in [-0.25, -0.2) is 4.39 Å². The van der Waals surface area contributed by atoms with Crippen molar-refractivity contribution in [1.82, 2.24) is 24.7 Å². The van der Waals surface area contributed by atoms with Crippen LogP contribution in [0.2, 0.25) is 0 Å². The minimum absolute atomic E-state index is 0.0291. The van der Waals surface area contributed by atoms with E-state index in [1.807, 2.05) is 0 Å². The van der Waals surface area contributed by atoms with Gasteiger partial charge in [0.1, 0.15) is 5.65 Å². The van der Waals surface area contributed by atoms with E-state index in [1.54, 1.807) is 42.3 Å². The number of anilines is 3. The van der Waals surface area contributed by atoms with E-state index in [2.05, 4.69) is 37.3 Å². The molecule has 0 spiro atoms. The molecule has 0 atom stereocenters. The Morgan fingerprint density at radius 2 is 2.17 bits per heavy atom. The fourth-order valence-corrected chi connectivity index (χ4v) is 2.62. The first-order chi connectivity index (χ1) is 14.0. The summed E-state index contributed by atoms with van der Waals surface area (Å²) in [7, 11) is 1.79. The summed E-state index contributed by atoms with van der Waals surface area (Å²) < 4.78 is 22.1. The van der Waals surface area contributed by atoms with Crippen LogP contribution < -0.4 is 15.4 Å². The molecule has 29 heavy (non-hydrogen) atoms. The molecule has 0 aliphatic carbocycles. The van der Waals surface area contributed by atoms with Crippen LogP contribution >= 0.6 is 0 Å². The van der Waals surface area contributed by atoms with Gasteiger partial charge < -0.3 is 20.4 Å². The first-order valence-electron chi connectivity index (χ1n) is 8.55. The van der Waals surface area contributed by atoms with Crippen LogP contribution in [0.3, 0.4) is 0 Å². The molecular formula is C19H16FN7O2. The number of aryl methyl sites for hydroxylation is 1. The second-order valence-electron chi connectivity index (χ2n) is 6.01. The van der Waals surface area contributed by atoms with Gasteiger partial charge in [0.2, 0.25) is 17.7 Å². The second kappa shape index (κ2) is 7.43. The van der Waals surface area contributed by atoms with Crippen LogP contribution in [-0.4, -0.2) is 30.6 Å². The molecule has 3 aromatic heterocycles. The van der Waals surface area contributed by atoms with Gasteiger partial charge in [0.25, 0.3) is 0 Å². The van der Waals surface area contributed by atoms with Crippen molar-refractivity contribution in [3.05, 3.63) is 61.2 Å². The van der Waals surface area contributed by atoms with Gasteiger partial charge in [0.05, 0.1) is 11.1 Å². The highest BCUT2D eigenvalue weighted by Crippen LogP contribution is 2.32. The third-order valence-electron chi connectivity index (χ3n) is 3.95. The van der Waals surface area contributed by atoms with Crippen molar-refractivity contribution in [2.24, 2.45) is 7.05 Å². The highest BCUT2D eigenvalue weighted by Gasteiger charge is 2.16. The molecule has 3 heterocycles. The van der Waals surface area contributed by atoms with E-state index in [4.69, 9.17) is 4.74 Å². The number of amides is 1. The number of hydrogen-bond donors (Lipinski definition) is 3. The number of aromatic amines is 1. The highest BCUT2D eigenvalue weighted by molar-refractivity contribution is 5.99. The van der Waals surface area contributed by atoms with Crippen LogP contribution in [-0.2, 0) is 11.8 Å². The van der Waals surface area contributed by atoms with Gasteiger partial charge in [-0.05, 0) is 24.3 Å². The summed E-state index contributed by atoms with van der Waals surface area (Å²) in [5, 5.41) is 10.1. The molecule has 3 N–H and O–H groups in total. The van der Waals surface area contributed by atoms with E-state index in [0.29, 0.717) is 16.9 Å². The lowest BCUT2D eigenvalue weighted by molar-refractivity contribution is -0.111. The zero-order valence-electron chi connectivity index (χ0n) is 15.3. The van der Waals surface area contributed by atoms with Crippen LogP contribution in [0.4, 0.5) is 21.8 Å². The monoisotopic (exact) mass is 393 g/mol. The number of nitrogens with one attached hydrogen (secondary N) is 3. The molecule has 0 saturated heterocycles. The number of halogens is 1. The minimum Gasteiger partial charge on any atom is -0.435 e. The predicted octanol–water partition coefficient (Wildman–Crippen LogP) is 3.49. The quantitative estimate of drug-likeness (QED) is 0.433. The SMILES string of the molecule is C=CC(=O)Nc1cccc(Oc2nc(Nc3ccn(C)n3)nc3[nH]ccc23)c1F. The van der Waals surface area contributed by atoms with Crippen molar-refractivity contribution in [2.45, 2.75) is 0 Å². The predicted molar refractivity (Wildman–Crippen MR) is 106 cm³/mol. The summed E-state index contributed by atoms with van der Waals surface area (Å²) >= 11 is 0. The van der Waals surface area contributed by atoms with E-state index in [0.717, 1.165) is 6.08 Å². The van der Waals surface area contributed by atoms with Crippen molar-refractivity contribution >= 4 is 34.4 Å². The number of hydrogen-bond acceptors (Lipinski definition) is 6. The number of nitrogens with zero attached hydrogens (tertiary/aromatic N) is 4. The molecule has 0 bridgehead atoms. The zero-order chi connectivity index (χ0) is 20.4. The third-order valence-corrected chi connectivity index (χ3v) is 3.95. The van der Waals surface area contributed by atoms with E-state index >= 15 is 0 Å². The fraction of sp³-hybridized carbons (Fsp3) is 0.0526. The maximum atomic E-state index is 14.8. The van der Waals surface area contributed by atoms with Gasteiger partial charge >= 0.3 is 0 Å². The molecule has 0 saturated carbocycles. The first kappa shape index (κ1) is 18.2. The lowest BCUT2D eigenvalue weighted by atomic mass is 10.2. The first-order valence-corrected chi connectivity index (χ1v) is 8.55. The van der Waals surface area contributed by atoms with Crippen molar-refractivity contribution in [2.75, 3.05) is 10.6 Å². The fourth-order valence-electron chi connectivity index (χ4n) is 2.62. The maximum Gasteiger partial charge on any atom is 0.247 e. The molecule has 146 valence electrons. The molecule has 4 rings (SSSR count). The summed E-state index contributed by atoms with van der Waals surface area (Å²) in [6.45, 7) is 3.35. The van der Waals surface area contributed by atoms with Crippen molar-refractivity contribution in [3.8, 4) is 11.6 Å². The number of rotatable bonds is 6. The summed E-state index contributed by atoms with van der Waals surface area (Å²) in [5.74, 6) is -0.449. The molecule has 9 nitrogen and oxygen atoms in total. The summed E-state index contributed by atoms with van der Waals surface area (Å²) in [6.07, 6.45) is 4.50. The van der Waals surface area contributed by atoms with Crippen molar-refractivity contribution < 1.29 is 13.9 Å². The van der Waals surface area contributed by atoms with Crippen molar-refractivity contribution in [1.29, 1.82) is 0 Å². The van der Waals surface area contributed by atoms with E-state index < -0.39 is 11.7 Å². The van der Waals surface area contributed by atoms with Crippen molar-refractivity contribution in [3.63, 3.8) is 0 Å². The van der Waals surface area contributed by atoms with Gasteiger partial charge in [-0.3, -0.25) is 9.48 Å². The Bertz CT molecular complexity index is 1210. The largest absolute Gasteiger partial charge is 0.435 e. The Morgan fingerprint density at radius 1 is 1.31 bits per heavy atom. The molecule has 4 aromatic rings. The normalized spacial score (nSPS) is 10.7. The Balaban J connectivity index is 1.69. The summed E-state index contributed by atoms with van der Waals surface area (Å²) in [4.78, 5) is 23.2. The molecule has 0 unspecified atom stereocenters. The summed E-state index contributed by atoms with van der Waals surface area (Å²) in [6, 6.07) is 7.89. The van der Waals surface area contributed by atoms with Crippen LogP contribution in [0.15, 0.2) is 55.4 Å². The van der Waals surface area contributed by atoms with Gasteiger partial charge in [-0.15, -0.1) is 0 Å². The van der Waals surface area contributed by atoms with Gasteiger partial charge in [0.15, 0.2) is 17.4 Å². The van der Waals surface area contributed by atoms with Gasteiger partial charge in [-0.2, -0.15) is 15.1 Å². The summed E-state index contributed by atoms with van der Waals surface area (Å²) in [5.41, 5.74) is 0.476. The molecule has 0 fully saturated rings. The van der Waals surface area contributed by atoms with E-state index in [1.165, 1.54) is 12.1 Å². The molecule has 0 aliphatic rings. The number of aromatic nitrogens is 5. The van der Waals surface area contributed by atoms with Crippen LogP contribution in [0.1, 0.15) is 0 Å². The number of fused-ring (bicyclic) bond motifs is 1. The molecular weight excluding hydrogens is 377 g/mol. The third kappa shape index (κ3) is 3.76. The Morgan fingerprint density at radius 3 is 2.93 bits per heavy atom. The van der Waals surface area contributed by atoms with Gasteiger partial charge in [0, 0.05) is 25.5 Å². The molecule has 1 aromatic carbocycles. The standard InChI is InChI=1S/C19H16FN7O2/c1-3-15(28)22-12-5-4-6-13(16(12)20)29-18-11-7-9-21-17(11)24-19(25-18)23-14-8-10-27(2)26-14/h3-10H,1H2,2H3,(H,22,28)(H2,21,23,24,25,26). The average molecular weight is 393 g/mol. The van der Waals surface area contributed by atoms with Crippen LogP contribution in [0, 0.1) is 5.82 Å². The molecule has 1 amide bonds. The van der Waals surface area contributed by atoms with E-state index in [9.17, 15) is 9.18 Å². The highest BCUT2D eigenvalue weighted by atomic mass is 19.1. The Hall–Kier alpha value is -4.21. The number of carbonyl (C=O) groups is 1. The lowest BCUT2D eigenvalue weighted by Gasteiger charge is -2.11. The topological polar surface area (TPSA) is 110 Å². The Labute approximate surface area is 164 Å². The smallest absolute Gasteiger partial charge is 0.247 e.